The van der Waals surface area contributed by atoms with Crippen molar-refractivity contribution < 1.29 is 9.60 Å². The Morgan fingerprint density at radius 3 is 3.00 bits per heavy atom. The van der Waals surface area contributed by atoms with Crippen LogP contribution in [0, 0.1) is 0 Å². The van der Waals surface area contributed by atoms with Crippen molar-refractivity contribution in [3.63, 3.8) is 0 Å². The third-order valence-corrected chi connectivity index (χ3v) is 1.82. The number of nitrogens with zero attached hydrogens (tertiary/aromatic N) is 1. The summed E-state index contributed by atoms with van der Waals surface area (Å²) in [7, 11) is 3.40. The maximum atomic E-state index is 8.16. The Balaban J connectivity index is 2.85. The van der Waals surface area contributed by atoms with Gasteiger partial charge in [-0.3, -0.25) is 0 Å². The number of hydrogen-bond acceptors (Lipinski definition) is 1. The highest BCUT2D eigenvalue weighted by Gasteiger charge is 2.02. The molecule has 0 unspecified atom stereocenters. The number of hydrogen-bond donors (Lipinski definition) is 1. The third kappa shape index (κ3) is 1.80. The molecule has 14 heavy (non-hydrogen) atoms. The molecule has 0 amide bonds. The molecule has 0 bridgehead atoms. The van der Waals surface area contributed by atoms with E-state index >= 15 is 0 Å². The predicted molar refractivity (Wildman–Crippen MR) is 60.6 cm³/mol. The van der Waals surface area contributed by atoms with Crippen molar-refractivity contribution in [2.24, 2.45) is 0 Å². The molecular formula is C12H16N2. The summed E-state index contributed by atoms with van der Waals surface area (Å²) in [5.41, 5.74) is 0.0434. The number of rotatable bonds is 3. The van der Waals surface area contributed by atoms with Crippen molar-refractivity contribution in [2.75, 3.05) is 20.6 Å². The zero-order valence-corrected chi connectivity index (χ0v) is 8.15. The van der Waals surface area contributed by atoms with Crippen LogP contribution >= 0.6 is 0 Å². The summed E-state index contributed by atoms with van der Waals surface area (Å²) in [6.07, 6.45) is -2.12. The van der Waals surface area contributed by atoms with Gasteiger partial charge in [-0.15, -0.1) is 0 Å². The lowest BCUT2D eigenvalue weighted by Gasteiger charge is -2.07. The fraction of sp³-hybridized carbons (Fsp3) is 0.333. The number of fused-ring (bicyclic) bond motifs is 1. The molecular weight excluding hydrogens is 172 g/mol. The lowest BCUT2D eigenvalue weighted by Crippen LogP contribution is -2.14. The van der Waals surface area contributed by atoms with Gasteiger partial charge in [0.2, 0.25) is 0 Å². The van der Waals surface area contributed by atoms with Crippen LogP contribution in [-0.2, 0) is 6.37 Å². The van der Waals surface area contributed by atoms with Crippen LogP contribution < -0.4 is 0 Å². The van der Waals surface area contributed by atoms with Crippen LogP contribution in [0.2, 0.25) is 0 Å². The molecule has 0 saturated carbocycles. The van der Waals surface area contributed by atoms with Gasteiger partial charge in [-0.1, -0.05) is 18.1 Å². The standard InChI is InChI=1S/C12H16N2/c1-14(2)8-7-10-9-13-12-6-4-3-5-11(10)12/h3-6,9,13H,7-8H2,1-2H3/i3D,4D,5D,6D,7D2,9D. The first-order chi connectivity index (χ1) is 9.58. The zero-order valence-electron chi connectivity index (χ0n) is 15.2. The van der Waals surface area contributed by atoms with Crippen LogP contribution in [0.4, 0.5) is 0 Å². The van der Waals surface area contributed by atoms with Gasteiger partial charge in [0, 0.05) is 26.4 Å². The quantitative estimate of drug-likeness (QED) is 0.796. The fourth-order valence-corrected chi connectivity index (χ4v) is 1.15. The van der Waals surface area contributed by atoms with Crippen molar-refractivity contribution in [3.8, 4) is 0 Å². The van der Waals surface area contributed by atoms with E-state index in [1.54, 1.807) is 19.0 Å². The van der Waals surface area contributed by atoms with Gasteiger partial charge in [0.1, 0.15) is 0 Å². The van der Waals surface area contributed by atoms with Crippen molar-refractivity contribution in [1.82, 2.24) is 9.88 Å². The summed E-state index contributed by atoms with van der Waals surface area (Å²) in [5.74, 6) is 0. The van der Waals surface area contributed by atoms with Crippen LogP contribution in [0.1, 0.15) is 15.2 Å². The summed E-state index contributed by atoms with van der Waals surface area (Å²) >= 11 is 0. The number of aromatic nitrogens is 1. The van der Waals surface area contributed by atoms with Gasteiger partial charge in [0.25, 0.3) is 0 Å². The minimum absolute atomic E-state index is 0.00850. The molecule has 1 heterocycles. The molecule has 74 valence electrons. The molecule has 1 N–H and O–H groups in total. The van der Waals surface area contributed by atoms with Crippen molar-refractivity contribution in [1.29, 1.82) is 0 Å². The van der Waals surface area contributed by atoms with E-state index in [0.717, 1.165) is 0 Å². The molecule has 1 aromatic carbocycles. The third-order valence-electron chi connectivity index (χ3n) is 1.82. The molecule has 0 aliphatic carbocycles. The van der Waals surface area contributed by atoms with Gasteiger partial charge in [0.05, 0.1) is 6.85 Å². The number of para-hydroxylation sites is 1. The Kier molecular flexibility index (Phi) is 1.12. The summed E-state index contributed by atoms with van der Waals surface area (Å²) in [6, 6.07) is -1.42. The average molecular weight is 195 g/mol. The predicted octanol–water partition coefficient (Wildman–Crippen LogP) is 2.27. The molecule has 0 radical (unpaired) electrons. The van der Waals surface area contributed by atoms with Crippen LogP contribution in [0.25, 0.3) is 10.9 Å². The molecule has 2 aromatic rings. The topological polar surface area (TPSA) is 19.0 Å². The molecule has 0 saturated heterocycles. The maximum Gasteiger partial charge on any atom is 0.0819 e. The summed E-state index contributed by atoms with van der Waals surface area (Å²) in [4.78, 5) is 4.21. The van der Waals surface area contributed by atoms with Crippen molar-refractivity contribution >= 4 is 10.9 Å². The van der Waals surface area contributed by atoms with E-state index < -0.39 is 18.5 Å². The minimum Gasteiger partial charge on any atom is -0.361 e. The van der Waals surface area contributed by atoms with Crippen LogP contribution in [0.3, 0.4) is 0 Å². The van der Waals surface area contributed by atoms with E-state index in [4.69, 9.17) is 9.60 Å². The van der Waals surface area contributed by atoms with E-state index in [9.17, 15) is 0 Å². The molecule has 0 spiro atoms. The first-order valence-electron chi connectivity index (χ1n) is 7.81. The van der Waals surface area contributed by atoms with Crippen LogP contribution in [-0.4, -0.2) is 30.5 Å². The summed E-state index contributed by atoms with van der Waals surface area (Å²) in [5, 5.41) is 0.0536. The van der Waals surface area contributed by atoms with Gasteiger partial charge in [-0.25, -0.2) is 0 Å². The van der Waals surface area contributed by atoms with Gasteiger partial charge in [0.15, 0.2) is 0 Å². The van der Waals surface area contributed by atoms with E-state index in [2.05, 4.69) is 4.98 Å². The van der Waals surface area contributed by atoms with E-state index in [-0.39, 0.29) is 41.3 Å². The Hall–Kier alpha value is -1.28. The van der Waals surface area contributed by atoms with Gasteiger partial charge < -0.3 is 9.88 Å². The number of nitrogens with one attached hydrogen (secondary N) is 1. The second kappa shape index (κ2) is 3.84. The lowest BCUT2D eigenvalue weighted by atomic mass is 10.1. The van der Waals surface area contributed by atoms with Crippen LogP contribution in [0.15, 0.2) is 30.3 Å². The van der Waals surface area contributed by atoms with E-state index in [1.807, 2.05) is 0 Å². The molecule has 2 heteroatoms. The van der Waals surface area contributed by atoms with E-state index in [0.29, 0.717) is 0 Å². The first-order valence-corrected chi connectivity index (χ1v) is 4.31. The SMILES string of the molecule is [2H]c1[nH]c2c([2H])c([2H])c([2H])c([2H])c2c1C([2H])([2H])CN(C)C. The molecule has 0 fully saturated rings. The second-order valence-electron chi connectivity index (χ2n) is 3.29. The molecule has 2 rings (SSSR count). The van der Waals surface area contributed by atoms with Gasteiger partial charge >= 0.3 is 0 Å². The first kappa shape index (κ1) is 4.07. The number of likely N-dealkylation sites (N-methyl/N-ethyl adjacent to an activating group) is 1. The minimum atomic E-state index is -1.91. The smallest absolute Gasteiger partial charge is 0.0819 e. The monoisotopic (exact) mass is 195 g/mol. The highest BCUT2D eigenvalue weighted by atomic mass is 15.0. The fourth-order valence-electron chi connectivity index (χ4n) is 1.15. The maximum absolute atomic E-state index is 8.16. The van der Waals surface area contributed by atoms with Crippen molar-refractivity contribution in [2.45, 2.75) is 6.37 Å². The Labute approximate surface area is 94.4 Å². The molecule has 0 atom stereocenters. The average Bonchev–Trinajstić information content (AvgIpc) is 2.70. The molecule has 0 aliphatic rings. The Morgan fingerprint density at radius 1 is 1.43 bits per heavy atom. The normalized spacial score (nSPS) is 19.5. The Morgan fingerprint density at radius 2 is 2.21 bits per heavy atom. The second-order valence-corrected chi connectivity index (χ2v) is 3.29. The molecule has 2 nitrogen and oxygen atoms in total. The largest absolute Gasteiger partial charge is 0.361 e. The summed E-state index contributed by atoms with van der Waals surface area (Å²) in [6.45, 7) is 0.00850. The number of benzene rings is 1. The summed E-state index contributed by atoms with van der Waals surface area (Å²) < 4.78 is 55.4. The number of aromatic amines is 1. The van der Waals surface area contributed by atoms with Gasteiger partial charge in [-0.05, 0) is 32.1 Å². The van der Waals surface area contributed by atoms with Gasteiger partial charge in [-0.2, -0.15) is 0 Å². The molecule has 0 aliphatic heterocycles. The lowest BCUT2D eigenvalue weighted by molar-refractivity contribution is 0.414. The zero-order chi connectivity index (χ0) is 16.1. The number of H-pyrrole nitrogens is 1. The van der Waals surface area contributed by atoms with Crippen molar-refractivity contribution in [3.05, 3.63) is 35.9 Å². The van der Waals surface area contributed by atoms with E-state index in [1.165, 1.54) is 0 Å². The highest BCUT2D eigenvalue weighted by Crippen LogP contribution is 2.17. The highest BCUT2D eigenvalue weighted by molar-refractivity contribution is 5.83. The Bertz CT molecular complexity index is 706. The molecule has 1 aromatic heterocycles. The van der Waals surface area contributed by atoms with Crippen LogP contribution in [0.5, 0.6) is 0 Å².